The lowest BCUT2D eigenvalue weighted by Gasteiger charge is -2.18. The normalized spacial score (nSPS) is 15.2. The van der Waals surface area contributed by atoms with Crippen LogP contribution in [0.2, 0.25) is 5.02 Å². The molecule has 1 unspecified atom stereocenters. The Morgan fingerprint density at radius 1 is 1.00 bits per heavy atom. The number of ether oxygens (including phenoxy) is 2. The van der Waals surface area contributed by atoms with E-state index in [2.05, 4.69) is 43.3 Å². The van der Waals surface area contributed by atoms with Crippen molar-refractivity contribution in [2.45, 2.75) is 26.2 Å². The van der Waals surface area contributed by atoms with Crippen molar-refractivity contribution < 1.29 is 9.47 Å². The molecule has 0 saturated carbocycles. The first-order chi connectivity index (χ1) is 15.1. The Kier molecular flexibility index (Phi) is 6.66. The maximum Gasteiger partial charge on any atom is 0.141 e. The standard InChI is InChI=1S/C26H24ClNO2S.ClH/c1-15-9-10-17-24(11-15)31-26-25(17)18(16-7-5-4-6-8-16)13-21(28-26)19-12-20(27)23(30-3)14-22(19)29-2;/h4-8,12-15H,9-11H2,1-3H3;1H. The van der Waals surface area contributed by atoms with Crippen molar-refractivity contribution in [1.82, 2.24) is 4.98 Å². The van der Waals surface area contributed by atoms with Crippen molar-refractivity contribution in [3.63, 3.8) is 0 Å². The first-order valence-electron chi connectivity index (χ1n) is 10.5. The summed E-state index contributed by atoms with van der Waals surface area (Å²) >= 11 is 8.31. The molecule has 166 valence electrons. The molecule has 32 heavy (non-hydrogen) atoms. The second-order valence-corrected chi connectivity index (χ2v) is 9.63. The van der Waals surface area contributed by atoms with Crippen LogP contribution in [0, 0.1) is 5.92 Å². The summed E-state index contributed by atoms with van der Waals surface area (Å²) in [5.74, 6) is 2.01. The third kappa shape index (κ3) is 3.96. The van der Waals surface area contributed by atoms with Crippen LogP contribution < -0.4 is 9.47 Å². The van der Waals surface area contributed by atoms with E-state index in [1.165, 1.54) is 33.4 Å². The van der Waals surface area contributed by atoms with E-state index in [0.717, 1.165) is 34.8 Å². The van der Waals surface area contributed by atoms with E-state index >= 15 is 0 Å². The van der Waals surface area contributed by atoms with Crippen LogP contribution in [0.15, 0.2) is 48.5 Å². The summed E-state index contributed by atoms with van der Waals surface area (Å²) in [5, 5.41) is 1.85. The van der Waals surface area contributed by atoms with Gasteiger partial charge in [0.15, 0.2) is 0 Å². The van der Waals surface area contributed by atoms with Gasteiger partial charge < -0.3 is 9.47 Å². The molecular weight excluding hydrogens is 461 g/mol. The second kappa shape index (κ2) is 9.30. The molecule has 6 heteroatoms. The lowest BCUT2D eigenvalue weighted by atomic mass is 9.87. The van der Waals surface area contributed by atoms with E-state index in [4.69, 9.17) is 26.1 Å². The van der Waals surface area contributed by atoms with Crippen molar-refractivity contribution >= 4 is 45.6 Å². The molecule has 4 aromatic rings. The van der Waals surface area contributed by atoms with Gasteiger partial charge in [-0.1, -0.05) is 48.9 Å². The Labute approximate surface area is 203 Å². The first kappa shape index (κ1) is 22.9. The number of nitrogens with zero attached hydrogens (tertiary/aromatic N) is 1. The number of fused-ring (bicyclic) bond motifs is 3. The minimum absolute atomic E-state index is 0. The number of thiophene rings is 1. The molecule has 0 bridgehead atoms. The van der Waals surface area contributed by atoms with Crippen molar-refractivity contribution in [2.75, 3.05) is 14.2 Å². The highest BCUT2D eigenvalue weighted by Gasteiger charge is 2.24. The lowest BCUT2D eigenvalue weighted by molar-refractivity contribution is 0.395. The van der Waals surface area contributed by atoms with Gasteiger partial charge in [0.2, 0.25) is 0 Å². The Morgan fingerprint density at radius 3 is 2.47 bits per heavy atom. The van der Waals surface area contributed by atoms with Crippen LogP contribution in [0.5, 0.6) is 11.5 Å². The van der Waals surface area contributed by atoms with Crippen molar-refractivity contribution in [3.05, 3.63) is 64.0 Å². The summed E-state index contributed by atoms with van der Waals surface area (Å²) in [6.07, 6.45) is 3.49. The molecule has 0 N–H and O–H groups in total. The van der Waals surface area contributed by atoms with Crippen molar-refractivity contribution in [1.29, 1.82) is 0 Å². The molecule has 0 aliphatic heterocycles. The van der Waals surface area contributed by atoms with Crippen LogP contribution in [0.1, 0.15) is 23.8 Å². The van der Waals surface area contributed by atoms with Crippen LogP contribution in [0.3, 0.4) is 0 Å². The molecule has 5 rings (SSSR count). The van der Waals surface area contributed by atoms with Crippen LogP contribution in [-0.2, 0) is 12.8 Å². The zero-order valence-electron chi connectivity index (χ0n) is 18.3. The quantitative estimate of drug-likeness (QED) is 0.294. The SMILES string of the molecule is COc1cc(OC)c(-c2cc(-c3ccccc3)c3c4c(sc3n2)CC(C)CC4)cc1Cl.Cl. The van der Waals surface area contributed by atoms with Gasteiger partial charge in [-0.25, -0.2) is 4.98 Å². The fourth-order valence-electron chi connectivity index (χ4n) is 4.49. The molecular formula is C26H25Cl2NO2S. The van der Waals surface area contributed by atoms with Gasteiger partial charge in [-0.3, -0.25) is 0 Å². The highest BCUT2D eigenvalue weighted by atomic mass is 35.5. The van der Waals surface area contributed by atoms with Crippen molar-refractivity contribution in [3.8, 4) is 33.9 Å². The molecule has 2 heterocycles. The topological polar surface area (TPSA) is 31.4 Å². The minimum Gasteiger partial charge on any atom is -0.496 e. The average Bonchev–Trinajstić information content (AvgIpc) is 3.16. The predicted molar refractivity (Wildman–Crippen MR) is 137 cm³/mol. The summed E-state index contributed by atoms with van der Waals surface area (Å²) in [5.41, 5.74) is 5.64. The van der Waals surface area contributed by atoms with E-state index in [0.29, 0.717) is 16.5 Å². The Bertz CT molecular complexity index is 1270. The summed E-state index contributed by atoms with van der Waals surface area (Å²) < 4.78 is 11.1. The van der Waals surface area contributed by atoms with Crippen molar-refractivity contribution in [2.24, 2.45) is 5.92 Å². The zero-order valence-corrected chi connectivity index (χ0v) is 20.7. The largest absolute Gasteiger partial charge is 0.496 e. The van der Waals surface area contributed by atoms with Gasteiger partial charge in [0.25, 0.3) is 0 Å². The molecule has 0 radical (unpaired) electrons. The molecule has 0 amide bonds. The van der Waals surface area contributed by atoms with Crippen LogP contribution >= 0.6 is 35.3 Å². The molecule has 1 aliphatic rings. The summed E-state index contributed by atoms with van der Waals surface area (Å²) in [6, 6.07) is 16.5. The van der Waals surface area contributed by atoms with Crippen LogP contribution in [-0.4, -0.2) is 19.2 Å². The maximum atomic E-state index is 6.48. The lowest BCUT2D eigenvalue weighted by Crippen LogP contribution is -2.08. The van der Waals surface area contributed by atoms with E-state index in [1.807, 2.05) is 23.5 Å². The number of rotatable bonds is 4. The first-order valence-corrected chi connectivity index (χ1v) is 11.7. The highest BCUT2D eigenvalue weighted by molar-refractivity contribution is 7.19. The molecule has 0 saturated heterocycles. The van der Waals surface area contributed by atoms with Gasteiger partial charge in [0.05, 0.1) is 24.9 Å². The van der Waals surface area contributed by atoms with E-state index < -0.39 is 0 Å². The number of aryl methyl sites for hydroxylation is 1. The monoisotopic (exact) mass is 485 g/mol. The zero-order chi connectivity index (χ0) is 21.5. The van der Waals surface area contributed by atoms with Gasteiger partial charge in [-0.2, -0.15) is 0 Å². The molecule has 2 aromatic heterocycles. The smallest absolute Gasteiger partial charge is 0.141 e. The molecule has 1 aliphatic carbocycles. The summed E-state index contributed by atoms with van der Waals surface area (Å²) in [6.45, 7) is 2.34. The molecule has 3 nitrogen and oxygen atoms in total. The Morgan fingerprint density at radius 2 is 1.75 bits per heavy atom. The van der Waals surface area contributed by atoms with Crippen LogP contribution in [0.25, 0.3) is 32.6 Å². The predicted octanol–water partition coefficient (Wildman–Crippen LogP) is 7.85. The average molecular weight is 486 g/mol. The number of pyridine rings is 1. The Balaban J connectivity index is 0.00000245. The summed E-state index contributed by atoms with van der Waals surface area (Å²) in [4.78, 5) is 7.68. The third-order valence-corrected chi connectivity index (χ3v) is 7.54. The number of methoxy groups -OCH3 is 2. The van der Waals surface area contributed by atoms with Gasteiger partial charge in [-0.05, 0) is 54.0 Å². The van der Waals surface area contributed by atoms with E-state index in [-0.39, 0.29) is 12.4 Å². The van der Waals surface area contributed by atoms with E-state index in [9.17, 15) is 0 Å². The molecule has 0 fully saturated rings. The van der Waals surface area contributed by atoms with Gasteiger partial charge in [-0.15, -0.1) is 23.7 Å². The maximum absolute atomic E-state index is 6.48. The molecule has 1 atom stereocenters. The van der Waals surface area contributed by atoms with Gasteiger partial charge in [0, 0.05) is 21.9 Å². The van der Waals surface area contributed by atoms with Gasteiger partial charge >= 0.3 is 0 Å². The number of benzene rings is 2. The van der Waals surface area contributed by atoms with E-state index in [1.54, 1.807) is 14.2 Å². The Hall–Kier alpha value is -2.27. The fourth-order valence-corrected chi connectivity index (χ4v) is 6.14. The summed E-state index contributed by atoms with van der Waals surface area (Å²) in [7, 11) is 3.27. The van der Waals surface area contributed by atoms with Gasteiger partial charge in [0.1, 0.15) is 16.3 Å². The highest BCUT2D eigenvalue weighted by Crippen LogP contribution is 2.45. The fraction of sp³-hybridized carbons (Fsp3) is 0.269. The molecule has 0 spiro atoms. The number of halogens is 2. The van der Waals surface area contributed by atoms with Crippen LogP contribution in [0.4, 0.5) is 0 Å². The number of aromatic nitrogens is 1. The minimum atomic E-state index is 0. The third-order valence-electron chi connectivity index (χ3n) is 6.10. The molecule has 2 aromatic carbocycles. The second-order valence-electron chi connectivity index (χ2n) is 8.14. The number of hydrogen-bond acceptors (Lipinski definition) is 4. The number of hydrogen-bond donors (Lipinski definition) is 0.